The summed E-state index contributed by atoms with van der Waals surface area (Å²) in [6.45, 7) is 4.48. The summed E-state index contributed by atoms with van der Waals surface area (Å²) >= 11 is 0. The van der Waals surface area contributed by atoms with E-state index in [0.29, 0.717) is 29.9 Å². The van der Waals surface area contributed by atoms with Crippen LogP contribution in [0.4, 0.5) is 0 Å². The van der Waals surface area contributed by atoms with Crippen molar-refractivity contribution in [2.45, 2.75) is 95.6 Å². The summed E-state index contributed by atoms with van der Waals surface area (Å²) in [7, 11) is 0. The largest absolute Gasteiger partial charge is 0.508 e. The van der Waals surface area contributed by atoms with Gasteiger partial charge in [0, 0.05) is 11.5 Å². The van der Waals surface area contributed by atoms with E-state index in [-0.39, 0.29) is 17.4 Å². The van der Waals surface area contributed by atoms with Crippen LogP contribution < -0.4 is 5.32 Å². The van der Waals surface area contributed by atoms with Gasteiger partial charge >= 0.3 is 0 Å². The molecular weight excluding hydrogens is 374 g/mol. The van der Waals surface area contributed by atoms with E-state index in [1.54, 1.807) is 0 Å². The zero-order valence-corrected chi connectivity index (χ0v) is 18.5. The molecule has 4 aliphatic rings. The Morgan fingerprint density at radius 3 is 2.60 bits per heavy atom. The summed E-state index contributed by atoms with van der Waals surface area (Å²) in [6, 6.07) is 6.09. The fraction of sp³-hybridized carbons (Fsp3) is 0.731. The van der Waals surface area contributed by atoms with E-state index in [1.807, 2.05) is 12.1 Å². The van der Waals surface area contributed by atoms with Crippen LogP contribution in [0.2, 0.25) is 0 Å². The average molecular weight is 412 g/mol. The van der Waals surface area contributed by atoms with Gasteiger partial charge in [-0.05, 0) is 111 Å². The lowest BCUT2D eigenvalue weighted by atomic mass is 9.53. The quantitative estimate of drug-likeness (QED) is 0.662. The third-order valence-electron chi connectivity index (χ3n) is 9.59. The lowest BCUT2D eigenvalue weighted by molar-refractivity contribution is -0.160. The van der Waals surface area contributed by atoms with Crippen molar-refractivity contribution in [1.82, 2.24) is 5.32 Å². The molecule has 0 radical (unpaired) electrons. The maximum atomic E-state index is 13.4. The molecule has 3 unspecified atom stereocenters. The van der Waals surface area contributed by atoms with E-state index in [1.165, 1.54) is 24.0 Å². The van der Waals surface area contributed by atoms with E-state index in [0.717, 1.165) is 50.9 Å². The zero-order valence-electron chi connectivity index (χ0n) is 18.5. The normalized spacial score (nSPS) is 42.7. The topological polar surface area (TPSA) is 69.6 Å². The zero-order chi connectivity index (χ0) is 21.1. The van der Waals surface area contributed by atoms with Crippen LogP contribution in [0.5, 0.6) is 5.75 Å². The number of aryl methyl sites for hydroxylation is 1. The first-order chi connectivity index (χ1) is 14.3. The second kappa shape index (κ2) is 7.25. The highest BCUT2D eigenvalue weighted by molar-refractivity contribution is 5.86. The van der Waals surface area contributed by atoms with Crippen LogP contribution in [0, 0.1) is 23.2 Å². The first kappa shape index (κ1) is 20.4. The molecule has 3 saturated carbocycles. The van der Waals surface area contributed by atoms with Gasteiger partial charge in [0.2, 0.25) is 0 Å². The number of fused-ring (bicyclic) bond motifs is 5. The Morgan fingerprint density at radius 1 is 1.07 bits per heavy atom. The van der Waals surface area contributed by atoms with Gasteiger partial charge in [-0.25, -0.2) is 0 Å². The number of rotatable bonds is 2. The number of aliphatic hydroxyl groups is 1. The molecular formula is C26H37NO3. The smallest absolute Gasteiger partial charge is 0.252 e. The predicted octanol–water partition coefficient (Wildman–Crippen LogP) is 4.67. The van der Waals surface area contributed by atoms with Crippen molar-refractivity contribution in [1.29, 1.82) is 0 Å². The second-order valence-electron chi connectivity index (χ2n) is 11.1. The highest BCUT2D eigenvalue weighted by atomic mass is 16.3. The van der Waals surface area contributed by atoms with E-state index < -0.39 is 5.60 Å². The summed E-state index contributed by atoms with van der Waals surface area (Å²) in [4.78, 5) is 13.4. The molecule has 164 valence electrons. The lowest BCUT2D eigenvalue weighted by Gasteiger charge is -2.52. The Balaban J connectivity index is 1.36. The minimum atomic E-state index is -1.24. The van der Waals surface area contributed by atoms with Crippen LogP contribution in [0.1, 0.15) is 88.7 Å². The molecule has 0 heterocycles. The van der Waals surface area contributed by atoms with Crippen LogP contribution in [-0.4, -0.2) is 27.8 Å². The summed E-state index contributed by atoms with van der Waals surface area (Å²) < 4.78 is 0. The molecule has 1 amide bonds. The van der Waals surface area contributed by atoms with E-state index in [4.69, 9.17) is 0 Å². The van der Waals surface area contributed by atoms with Gasteiger partial charge in [-0.2, -0.15) is 0 Å². The van der Waals surface area contributed by atoms with Gasteiger partial charge in [-0.3, -0.25) is 4.79 Å². The Labute approximate surface area is 180 Å². The molecule has 0 saturated heterocycles. The Bertz CT molecular complexity index is 830. The van der Waals surface area contributed by atoms with Crippen LogP contribution in [0.25, 0.3) is 0 Å². The molecule has 30 heavy (non-hydrogen) atoms. The summed E-state index contributed by atoms with van der Waals surface area (Å²) in [6.07, 6.45) is 9.95. The number of hydrogen-bond acceptors (Lipinski definition) is 3. The van der Waals surface area contributed by atoms with Gasteiger partial charge in [0.15, 0.2) is 0 Å². The number of amides is 1. The highest BCUT2D eigenvalue weighted by Crippen LogP contribution is 2.64. The molecule has 5 rings (SSSR count). The number of hydrogen-bond donors (Lipinski definition) is 3. The third kappa shape index (κ3) is 3.01. The van der Waals surface area contributed by atoms with Gasteiger partial charge in [0.05, 0.1) is 0 Å². The number of carbonyl (C=O) groups excluding carboxylic acids is 1. The highest BCUT2D eigenvalue weighted by Gasteiger charge is 2.64. The van der Waals surface area contributed by atoms with Gasteiger partial charge in [-0.15, -0.1) is 0 Å². The molecule has 1 aromatic carbocycles. The third-order valence-corrected chi connectivity index (χ3v) is 9.59. The molecule has 0 aromatic heterocycles. The number of benzene rings is 1. The van der Waals surface area contributed by atoms with E-state index >= 15 is 0 Å². The molecule has 0 bridgehead atoms. The van der Waals surface area contributed by atoms with Crippen LogP contribution >= 0.6 is 0 Å². The van der Waals surface area contributed by atoms with Gasteiger partial charge < -0.3 is 15.5 Å². The Kier molecular flexibility index (Phi) is 4.92. The Morgan fingerprint density at radius 2 is 1.83 bits per heavy atom. The van der Waals surface area contributed by atoms with Crippen molar-refractivity contribution in [3.05, 3.63) is 29.3 Å². The monoisotopic (exact) mass is 411 g/mol. The molecule has 1 aromatic rings. The summed E-state index contributed by atoms with van der Waals surface area (Å²) in [5.41, 5.74) is 1.11. The summed E-state index contributed by atoms with van der Waals surface area (Å²) in [5.74, 6) is 2.42. The molecule has 3 N–H and O–H groups in total. The lowest BCUT2D eigenvalue weighted by Crippen LogP contribution is -2.60. The predicted molar refractivity (Wildman–Crippen MR) is 117 cm³/mol. The van der Waals surface area contributed by atoms with Crippen molar-refractivity contribution in [3.8, 4) is 5.75 Å². The fourth-order valence-corrected chi connectivity index (χ4v) is 7.67. The van der Waals surface area contributed by atoms with Crippen LogP contribution in [-0.2, 0) is 11.2 Å². The van der Waals surface area contributed by atoms with Crippen LogP contribution in [0.3, 0.4) is 0 Å². The fourth-order valence-electron chi connectivity index (χ4n) is 7.67. The molecule has 4 nitrogen and oxygen atoms in total. The Hall–Kier alpha value is -1.55. The number of carbonyl (C=O) groups is 1. The molecule has 4 aliphatic carbocycles. The summed E-state index contributed by atoms with van der Waals surface area (Å²) in [5, 5.41) is 24.9. The van der Waals surface area contributed by atoms with E-state index in [2.05, 4.69) is 25.2 Å². The first-order valence-corrected chi connectivity index (χ1v) is 12.2. The van der Waals surface area contributed by atoms with Crippen molar-refractivity contribution < 1.29 is 15.0 Å². The minimum absolute atomic E-state index is 0.105. The van der Waals surface area contributed by atoms with Gasteiger partial charge in [0.25, 0.3) is 5.91 Å². The van der Waals surface area contributed by atoms with Crippen molar-refractivity contribution in [2.75, 3.05) is 0 Å². The minimum Gasteiger partial charge on any atom is -0.508 e. The molecule has 3 fully saturated rings. The van der Waals surface area contributed by atoms with Gasteiger partial charge in [0.1, 0.15) is 11.4 Å². The number of phenolic OH excluding ortho intramolecular Hbond substituents is 1. The van der Waals surface area contributed by atoms with Crippen molar-refractivity contribution >= 4 is 5.91 Å². The molecule has 0 aliphatic heterocycles. The average Bonchev–Trinajstić information content (AvgIpc) is 3.01. The maximum absolute atomic E-state index is 13.4. The van der Waals surface area contributed by atoms with Crippen molar-refractivity contribution in [2.24, 2.45) is 23.2 Å². The SMILES string of the molecule is CC1CCC(NC(=O)[C@@]2(O)CCC3C4CCc5cc(O)ccc5C4CC[C@@]32C)CC1. The number of nitrogens with one attached hydrogen (secondary N) is 1. The number of aromatic hydroxyl groups is 1. The molecule has 0 spiro atoms. The standard InChI is InChI=1S/C26H37NO3/c1-16-3-6-18(7-4-16)27-24(29)26(30)14-12-23-22-9-5-17-15-19(28)8-10-20(17)21(22)11-13-25(23,26)2/h8,10,15-16,18,21-23,28,30H,3-7,9,11-14H2,1-2H3,(H,27,29)/t16?,18?,21?,22?,23?,25-,26-/m0/s1. The van der Waals surface area contributed by atoms with Crippen molar-refractivity contribution in [3.63, 3.8) is 0 Å². The maximum Gasteiger partial charge on any atom is 0.252 e. The first-order valence-electron chi connectivity index (χ1n) is 12.2. The second-order valence-corrected chi connectivity index (χ2v) is 11.1. The van der Waals surface area contributed by atoms with E-state index in [9.17, 15) is 15.0 Å². The molecule has 4 heteroatoms. The van der Waals surface area contributed by atoms with Gasteiger partial charge in [-0.1, -0.05) is 19.9 Å². The number of phenols is 1. The molecule has 5 atom stereocenters. The van der Waals surface area contributed by atoms with Crippen LogP contribution in [0.15, 0.2) is 18.2 Å².